The molecule has 0 N–H and O–H groups in total. The van der Waals surface area contributed by atoms with E-state index >= 15 is 0 Å². The van der Waals surface area contributed by atoms with Crippen LogP contribution in [0.25, 0.3) is 0 Å². The molecule has 0 amide bonds. The van der Waals surface area contributed by atoms with Crippen molar-refractivity contribution in [2.75, 3.05) is 7.11 Å². The summed E-state index contributed by atoms with van der Waals surface area (Å²) in [4.78, 5) is 17.4. The zero-order chi connectivity index (χ0) is 20.1. The number of nitrogens with zero attached hydrogens (tertiary/aromatic N) is 1. The Labute approximate surface area is 169 Å². The van der Waals surface area contributed by atoms with Crippen molar-refractivity contribution in [2.45, 2.75) is 18.8 Å². The van der Waals surface area contributed by atoms with Crippen LogP contribution in [0.3, 0.4) is 0 Å². The molecule has 146 valence electrons. The van der Waals surface area contributed by atoms with Gasteiger partial charge >= 0.3 is 5.97 Å². The van der Waals surface area contributed by atoms with E-state index in [0.717, 1.165) is 22.4 Å². The largest absolute Gasteiger partial charge is 0.497 e. The standard InChI is InChI=1S/C24H21NO4/c1-27-20-14-12-18(13-15-20)22-21(24(26)28-16-17-8-4-2-5-9-17)25-23(29-22)19-10-6-3-7-11-19/h2-15,21-22H,16H2,1H3. The normalized spacial score (nSPS) is 17.9. The number of ether oxygens (including phenoxy) is 3. The summed E-state index contributed by atoms with van der Waals surface area (Å²) in [5.74, 6) is 0.757. The molecule has 1 heterocycles. The molecule has 2 atom stereocenters. The van der Waals surface area contributed by atoms with E-state index in [2.05, 4.69) is 4.99 Å². The molecule has 0 aromatic heterocycles. The van der Waals surface area contributed by atoms with E-state index in [1.807, 2.05) is 84.9 Å². The SMILES string of the molecule is COc1ccc(C2OC(c3ccccc3)=NC2C(=O)OCc2ccccc2)cc1. The van der Waals surface area contributed by atoms with Crippen molar-refractivity contribution in [1.82, 2.24) is 0 Å². The summed E-state index contributed by atoms with van der Waals surface area (Å²) < 4.78 is 16.9. The zero-order valence-electron chi connectivity index (χ0n) is 16.0. The van der Waals surface area contributed by atoms with Gasteiger partial charge in [0.1, 0.15) is 12.4 Å². The van der Waals surface area contributed by atoms with Crippen LogP contribution >= 0.6 is 0 Å². The van der Waals surface area contributed by atoms with E-state index in [-0.39, 0.29) is 6.61 Å². The number of carbonyl (C=O) groups excluding carboxylic acids is 1. The maximum atomic E-state index is 12.9. The molecular formula is C24H21NO4. The topological polar surface area (TPSA) is 57.1 Å². The second kappa shape index (κ2) is 8.61. The van der Waals surface area contributed by atoms with Gasteiger partial charge in [-0.25, -0.2) is 9.79 Å². The summed E-state index contributed by atoms with van der Waals surface area (Å²) in [6, 6.07) is 25.8. The van der Waals surface area contributed by atoms with Crippen LogP contribution in [0.1, 0.15) is 22.8 Å². The average Bonchev–Trinajstić information content (AvgIpc) is 3.24. The van der Waals surface area contributed by atoms with Gasteiger partial charge in [0.15, 0.2) is 12.1 Å². The Balaban J connectivity index is 1.57. The van der Waals surface area contributed by atoms with Gasteiger partial charge in [0, 0.05) is 5.56 Å². The number of carbonyl (C=O) groups is 1. The molecule has 2 unspecified atom stereocenters. The molecule has 3 aromatic carbocycles. The molecule has 1 aliphatic heterocycles. The highest BCUT2D eigenvalue weighted by atomic mass is 16.5. The molecule has 0 spiro atoms. The highest BCUT2D eigenvalue weighted by molar-refractivity contribution is 5.98. The van der Waals surface area contributed by atoms with E-state index < -0.39 is 18.1 Å². The first kappa shape index (κ1) is 18.7. The lowest BCUT2D eigenvalue weighted by Gasteiger charge is -2.17. The minimum Gasteiger partial charge on any atom is -0.497 e. The van der Waals surface area contributed by atoms with E-state index in [1.165, 1.54) is 0 Å². The molecule has 3 aromatic rings. The second-order valence-corrected chi connectivity index (χ2v) is 6.65. The Morgan fingerprint density at radius 1 is 0.931 bits per heavy atom. The van der Waals surface area contributed by atoms with Crippen LogP contribution < -0.4 is 4.74 Å². The fourth-order valence-electron chi connectivity index (χ4n) is 3.17. The molecule has 29 heavy (non-hydrogen) atoms. The highest BCUT2D eigenvalue weighted by Gasteiger charge is 2.39. The number of esters is 1. The van der Waals surface area contributed by atoms with Crippen LogP contribution in [0.5, 0.6) is 5.75 Å². The molecule has 0 radical (unpaired) electrons. The molecule has 5 nitrogen and oxygen atoms in total. The quantitative estimate of drug-likeness (QED) is 0.591. The van der Waals surface area contributed by atoms with Crippen LogP contribution in [0.2, 0.25) is 0 Å². The lowest BCUT2D eigenvalue weighted by atomic mass is 10.0. The lowest BCUT2D eigenvalue weighted by molar-refractivity contribution is -0.148. The Kier molecular flexibility index (Phi) is 5.56. The van der Waals surface area contributed by atoms with Crippen molar-refractivity contribution in [3.8, 4) is 5.75 Å². The summed E-state index contributed by atoms with van der Waals surface area (Å²) >= 11 is 0. The number of methoxy groups -OCH3 is 1. The first-order valence-corrected chi connectivity index (χ1v) is 9.39. The van der Waals surface area contributed by atoms with Crippen molar-refractivity contribution in [3.63, 3.8) is 0 Å². The Morgan fingerprint density at radius 2 is 1.59 bits per heavy atom. The molecule has 1 aliphatic rings. The maximum Gasteiger partial charge on any atom is 0.335 e. The number of hydrogen-bond donors (Lipinski definition) is 0. The van der Waals surface area contributed by atoms with Crippen LogP contribution in [0.15, 0.2) is 89.9 Å². The number of hydrogen-bond acceptors (Lipinski definition) is 5. The summed E-state index contributed by atoms with van der Waals surface area (Å²) in [5.41, 5.74) is 2.58. The lowest BCUT2D eigenvalue weighted by Crippen LogP contribution is -2.26. The number of benzene rings is 3. The van der Waals surface area contributed by atoms with Gasteiger partial charge in [-0.2, -0.15) is 0 Å². The summed E-state index contributed by atoms with van der Waals surface area (Å²) in [6.07, 6.45) is -0.556. The van der Waals surface area contributed by atoms with Crippen LogP contribution in [0.4, 0.5) is 0 Å². The van der Waals surface area contributed by atoms with Crippen molar-refractivity contribution in [3.05, 3.63) is 102 Å². The Hall–Kier alpha value is -3.60. The van der Waals surface area contributed by atoms with Crippen molar-refractivity contribution < 1.29 is 19.0 Å². The summed E-state index contributed by atoms with van der Waals surface area (Å²) in [6.45, 7) is 0.196. The van der Waals surface area contributed by atoms with E-state index in [1.54, 1.807) is 7.11 Å². The number of aliphatic imine (C=N–C) groups is 1. The first-order chi connectivity index (χ1) is 14.2. The van der Waals surface area contributed by atoms with Crippen LogP contribution in [-0.2, 0) is 20.9 Å². The van der Waals surface area contributed by atoms with Crippen molar-refractivity contribution in [1.29, 1.82) is 0 Å². The highest BCUT2D eigenvalue weighted by Crippen LogP contribution is 2.33. The molecule has 0 saturated carbocycles. The Morgan fingerprint density at radius 3 is 2.24 bits per heavy atom. The minimum atomic E-state index is -0.776. The van der Waals surface area contributed by atoms with Crippen molar-refractivity contribution >= 4 is 11.9 Å². The first-order valence-electron chi connectivity index (χ1n) is 9.39. The molecule has 4 rings (SSSR count). The average molecular weight is 387 g/mol. The maximum absolute atomic E-state index is 12.9. The summed E-state index contributed by atoms with van der Waals surface area (Å²) in [5, 5.41) is 0. The van der Waals surface area contributed by atoms with E-state index in [4.69, 9.17) is 14.2 Å². The Bertz CT molecular complexity index is 984. The van der Waals surface area contributed by atoms with Gasteiger partial charge in [0.05, 0.1) is 7.11 Å². The van der Waals surface area contributed by atoms with E-state index in [0.29, 0.717) is 5.90 Å². The predicted molar refractivity (Wildman–Crippen MR) is 110 cm³/mol. The fourth-order valence-corrected chi connectivity index (χ4v) is 3.17. The summed E-state index contributed by atoms with van der Waals surface area (Å²) in [7, 11) is 1.61. The molecule has 0 fully saturated rings. The van der Waals surface area contributed by atoms with Gasteiger partial charge in [0.2, 0.25) is 5.90 Å². The molecule has 0 bridgehead atoms. The monoisotopic (exact) mass is 387 g/mol. The third kappa shape index (κ3) is 4.29. The predicted octanol–water partition coefficient (Wildman–Crippen LogP) is 4.33. The smallest absolute Gasteiger partial charge is 0.335 e. The van der Waals surface area contributed by atoms with E-state index in [9.17, 15) is 4.79 Å². The third-order valence-corrected chi connectivity index (χ3v) is 4.71. The molecular weight excluding hydrogens is 366 g/mol. The zero-order valence-corrected chi connectivity index (χ0v) is 16.0. The minimum absolute atomic E-state index is 0.196. The van der Waals surface area contributed by atoms with Gasteiger partial charge in [-0.1, -0.05) is 60.7 Å². The third-order valence-electron chi connectivity index (χ3n) is 4.71. The van der Waals surface area contributed by atoms with Gasteiger partial charge in [-0.05, 0) is 35.4 Å². The van der Waals surface area contributed by atoms with Crippen LogP contribution in [-0.4, -0.2) is 25.0 Å². The van der Waals surface area contributed by atoms with Gasteiger partial charge in [-0.15, -0.1) is 0 Å². The second-order valence-electron chi connectivity index (χ2n) is 6.65. The van der Waals surface area contributed by atoms with Crippen LogP contribution in [0, 0.1) is 0 Å². The van der Waals surface area contributed by atoms with Gasteiger partial charge < -0.3 is 14.2 Å². The number of rotatable bonds is 6. The molecule has 0 aliphatic carbocycles. The molecule has 0 saturated heterocycles. The molecule has 5 heteroatoms. The van der Waals surface area contributed by atoms with Gasteiger partial charge in [-0.3, -0.25) is 0 Å². The van der Waals surface area contributed by atoms with Gasteiger partial charge in [0.25, 0.3) is 0 Å². The van der Waals surface area contributed by atoms with Crippen molar-refractivity contribution in [2.24, 2.45) is 4.99 Å². The fraction of sp³-hybridized carbons (Fsp3) is 0.167.